The standard InChI is InChI=1S/C29H28N4O5.C26H27FN4O5.C24H23F3N4O6.C24H23F3N4O5/c1-32-27(34)26(25(38-2)18-30-32)22-15-13-20(14-16-22)17-24(28(35)36)31-29(37)33(23-11-7-4-8-12-23)19-21-9-5-3-6-10-21;1-15-4-7-18-13-19(27)10-11-21(18)31(15)26(35)29-20(25(33)34)12-16-5-8-17(9-6-16)23-22(36-3)14-28-30(2)24(23)32;1-30(17-6-4-5-7-18(17)37-24(25,26)27)23(35)29-16(22(33)34)12-14-8-10-15(11-9-14)20-19(36-3)13-28-31(2)21(20)32;1-30(18-7-5-4-6-16(18)24(25,26)27)23(35)29-17(22(33)34)12-14-8-10-15(11-9-14)20-19(36-3)13-28-31(2)21(20)32/h3-16,18,24H,17,19H2,1-2H3,(H,31,37)(H,35,36);5-6,8-11,13-15,20H,4,7,12H2,1-3H3,(H,29,35)(H,33,34);4-11,13,16H,12H2,1-3H3,(H,29,35)(H,33,34);4-11,13,17H,12H2,1-3H3,(H,29,35)(H,33,34)/t24-;15?,20-;16-;17-/m0000/s1. The molecule has 8 amide bonds. The molecule has 5 heterocycles. The number of urea groups is 4. The van der Waals surface area contributed by atoms with Crippen LogP contribution in [0.4, 0.5) is 72.7 Å². The molecule has 44 heteroatoms. The Morgan fingerprint density at radius 2 is 0.735 bits per heavy atom. The summed E-state index contributed by atoms with van der Waals surface area (Å²) in [5.74, 6) is -4.84. The van der Waals surface area contributed by atoms with Crippen LogP contribution in [-0.4, -0.2) is 187 Å². The summed E-state index contributed by atoms with van der Waals surface area (Å²) in [5, 5.41) is 64.5. The van der Waals surface area contributed by atoms with E-state index in [0.717, 1.165) is 45.1 Å². The molecule has 9 aromatic carbocycles. The number of aliphatic carboxylic acids is 4. The van der Waals surface area contributed by atoms with E-state index in [4.69, 9.17) is 18.9 Å². The summed E-state index contributed by atoms with van der Waals surface area (Å²) in [6.07, 6.45) is -2.88. The highest BCUT2D eigenvalue weighted by atomic mass is 19.4. The van der Waals surface area contributed by atoms with Crippen LogP contribution in [0.2, 0.25) is 0 Å². The van der Waals surface area contributed by atoms with Gasteiger partial charge in [-0.2, -0.15) is 33.6 Å². The van der Waals surface area contributed by atoms with Crippen LogP contribution < -0.4 is 86.8 Å². The molecule has 0 saturated heterocycles. The average molecular weight is 2030 g/mol. The number of carboxylic acids is 4. The third-order valence-electron chi connectivity index (χ3n) is 23.3. The minimum absolute atomic E-state index is 0.0331. The van der Waals surface area contributed by atoms with Crippen molar-refractivity contribution in [2.45, 2.75) is 94.7 Å². The lowest BCUT2D eigenvalue weighted by atomic mass is 9.96. The van der Waals surface area contributed by atoms with Gasteiger partial charge in [0.15, 0.2) is 28.7 Å². The van der Waals surface area contributed by atoms with Gasteiger partial charge in [-0.3, -0.25) is 38.8 Å². The summed E-state index contributed by atoms with van der Waals surface area (Å²) < 4.78 is 121. The van der Waals surface area contributed by atoms with Crippen LogP contribution >= 0.6 is 0 Å². The Kier molecular flexibility index (Phi) is 36.5. The van der Waals surface area contributed by atoms with Gasteiger partial charge in [-0.15, -0.1) is 13.2 Å². The number of hydrogen-bond donors (Lipinski definition) is 8. The van der Waals surface area contributed by atoms with Gasteiger partial charge >= 0.3 is 60.5 Å². The van der Waals surface area contributed by atoms with Gasteiger partial charge in [0.1, 0.15) is 30.0 Å². The second-order valence-electron chi connectivity index (χ2n) is 33.1. The summed E-state index contributed by atoms with van der Waals surface area (Å²) >= 11 is 0. The van der Waals surface area contributed by atoms with Gasteiger partial charge in [0.25, 0.3) is 22.2 Å². The molecule has 768 valence electrons. The number of aryl methyl sites for hydroxylation is 5. The van der Waals surface area contributed by atoms with Crippen LogP contribution in [0.5, 0.6) is 28.7 Å². The van der Waals surface area contributed by atoms with E-state index in [1.54, 1.807) is 122 Å². The lowest BCUT2D eigenvalue weighted by molar-refractivity contribution is -0.274. The third kappa shape index (κ3) is 28.1. The maximum Gasteiger partial charge on any atom is 0.573 e. The minimum Gasteiger partial charge on any atom is -0.494 e. The molecule has 0 bridgehead atoms. The lowest BCUT2D eigenvalue weighted by Crippen LogP contribution is -2.53. The normalized spacial score (nSPS) is 12.7. The van der Waals surface area contributed by atoms with Crippen LogP contribution in [0.25, 0.3) is 44.5 Å². The van der Waals surface area contributed by atoms with Gasteiger partial charge in [-0.05, 0) is 130 Å². The Bertz CT molecular complexity index is 7170. The van der Waals surface area contributed by atoms with Crippen LogP contribution in [0.15, 0.2) is 268 Å². The van der Waals surface area contributed by atoms with E-state index in [-0.39, 0.29) is 94.6 Å². The number of aromatic nitrogens is 8. The maximum atomic E-state index is 13.7. The smallest absolute Gasteiger partial charge is 0.494 e. The highest BCUT2D eigenvalue weighted by molar-refractivity contribution is 5.98. The zero-order chi connectivity index (χ0) is 107. The van der Waals surface area contributed by atoms with Crippen LogP contribution in [0, 0.1) is 5.82 Å². The second kappa shape index (κ2) is 49.1. The largest absolute Gasteiger partial charge is 0.573 e. The number of carbonyl (C=O) groups excluding carboxylic acids is 4. The van der Waals surface area contributed by atoms with Crippen molar-refractivity contribution in [3.63, 3.8) is 0 Å². The number of ether oxygens (including phenoxy) is 5. The Morgan fingerprint density at radius 3 is 1.09 bits per heavy atom. The van der Waals surface area contributed by atoms with Gasteiger partial charge < -0.3 is 65.4 Å². The first-order valence-corrected chi connectivity index (χ1v) is 44.8. The third-order valence-corrected chi connectivity index (χ3v) is 23.3. The molecule has 4 aromatic heterocycles. The van der Waals surface area contributed by atoms with Crippen LogP contribution in [0.3, 0.4) is 0 Å². The van der Waals surface area contributed by atoms with Crippen molar-refractivity contribution in [3.05, 3.63) is 335 Å². The van der Waals surface area contributed by atoms with Gasteiger partial charge in [0.05, 0.1) is 99.0 Å². The number of carboxylic acid groups (broad SMARTS) is 4. The Hall–Kier alpha value is -18.0. The molecule has 1 aliphatic heterocycles. The number of halogens is 7. The Morgan fingerprint density at radius 1 is 0.408 bits per heavy atom. The number of para-hydroxylation sites is 4. The molecule has 5 atom stereocenters. The number of carbonyl (C=O) groups is 8. The van der Waals surface area contributed by atoms with Gasteiger partial charge in [0.2, 0.25) is 0 Å². The fourth-order valence-electron chi connectivity index (χ4n) is 15.5. The van der Waals surface area contributed by atoms with Crippen molar-refractivity contribution in [1.82, 2.24) is 60.4 Å². The number of alkyl halides is 6. The van der Waals surface area contributed by atoms with E-state index < -0.39 is 102 Å². The first-order chi connectivity index (χ1) is 69.9. The molecule has 0 saturated carbocycles. The molecular weight excluding hydrogens is 1930 g/mol. The molecule has 1 unspecified atom stereocenters. The summed E-state index contributed by atoms with van der Waals surface area (Å²) in [6.45, 7) is 2.15. The molecular formula is C103H101F7N16O21. The molecule has 0 fully saturated rings. The molecule has 0 aliphatic carbocycles. The van der Waals surface area contributed by atoms with E-state index >= 15 is 0 Å². The zero-order valence-electron chi connectivity index (χ0n) is 80.7. The first-order valence-electron chi connectivity index (χ1n) is 44.8. The van der Waals surface area contributed by atoms with E-state index in [9.17, 15) is 109 Å². The summed E-state index contributed by atoms with van der Waals surface area (Å²) in [6, 6.07) is 50.4. The number of amides is 8. The topological polar surface area (TPSA) is 464 Å². The number of nitrogens with zero attached hydrogens (tertiary/aromatic N) is 12. The molecule has 0 spiro atoms. The van der Waals surface area contributed by atoms with E-state index in [2.05, 4.69) is 46.4 Å². The van der Waals surface area contributed by atoms with Crippen molar-refractivity contribution in [2.75, 3.05) is 62.1 Å². The number of benzene rings is 9. The lowest BCUT2D eigenvalue weighted by Gasteiger charge is -2.36. The summed E-state index contributed by atoms with van der Waals surface area (Å²) in [5.41, 5.74) is 5.64. The van der Waals surface area contributed by atoms with Crippen molar-refractivity contribution in [2.24, 2.45) is 28.2 Å². The van der Waals surface area contributed by atoms with Crippen molar-refractivity contribution in [3.8, 4) is 73.3 Å². The minimum atomic E-state index is -4.98. The van der Waals surface area contributed by atoms with E-state index in [1.165, 1.54) is 143 Å². The highest BCUT2D eigenvalue weighted by Gasteiger charge is 2.38. The van der Waals surface area contributed by atoms with Gasteiger partial charge in [-0.1, -0.05) is 170 Å². The number of rotatable bonds is 30. The average Bonchev–Trinajstić information content (AvgIpc) is 0.798. The monoisotopic (exact) mass is 2030 g/mol. The molecule has 8 N–H and O–H groups in total. The fraction of sp³-hybridized carbons (Fsp3) is 0.243. The second-order valence-corrected chi connectivity index (χ2v) is 33.1. The quantitative estimate of drug-likeness (QED) is 0.0194. The van der Waals surface area contributed by atoms with Crippen molar-refractivity contribution < 1.29 is 113 Å². The molecule has 147 heavy (non-hydrogen) atoms. The number of fused-ring (bicyclic) bond motifs is 1. The summed E-state index contributed by atoms with van der Waals surface area (Å²) in [4.78, 5) is 154. The maximum absolute atomic E-state index is 13.7. The predicted octanol–water partition coefficient (Wildman–Crippen LogP) is 13.5. The number of hydrogen-bond acceptors (Lipinski definition) is 21. The molecule has 0 radical (unpaired) electrons. The van der Waals surface area contributed by atoms with Gasteiger partial charge in [0, 0.05) is 85.4 Å². The summed E-state index contributed by atoms with van der Waals surface area (Å²) in [7, 11) is 14.1. The molecule has 14 rings (SSSR count). The molecule has 1 aliphatic rings. The molecule has 13 aromatic rings. The number of anilines is 4. The van der Waals surface area contributed by atoms with Crippen molar-refractivity contribution in [1.29, 1.82) is 0 Å². The van der Waals surface area contributed by atoms with Crippen molar-refractivity contribution >= 4 is 70.8 Å². The van der Waals surface area contributed by atoms with E-state index in [1.807, 2.05) is 55.5 Å². The fourth-order valence-corrected chi connectivity index (χ4v) is 15.5. The SMILES string of the molecule is COc1cnn(C)c(=O)c1-c1ccc(C[C@H](NC(=O)N(C)c2ccccc2C(F)(F)F)C(=O)O)cc1.COc1cnn(C)c(=O)c1-c1ccc(C[C@H](NC(=O)N(C)c2ccccc2OC(F)(F)F)C(=O)O)cc1.COc1cnn(C)c(=O)c1-c1ccc(C[C@H](NC(=O)N(Cc2ccccc2)c2ccccc2)C(=O)O)cc1.COc1cnn(C)c(=O)c1-c1ccc(C[C@H](NC(=O)N2c3ccc(F)cc3CCC2C)C(=O)O)cc1. The zero-order valence-corrected chi connectivity index (χ0v) is 80.7. The number of methoxy groups -OCH3 is 4. The predicted molar refractivity (Wildman–Crippen MR) is 528 cm³/mol. The number of nitrogens with one attached hydrogen (secondary N) is 4. The highest BCUT2D eigenvalue weighted by Crippen LogP contribution is 2.39. The Balaban J connectivity index is 0.000000186. The first kappa shape index (κ1) is 109. The molecule has 37 nitrogen and oxygen atoms in total. The van der Waals surface area contributed by atoms with Gasteiger partial charge in [-0.25, -0.2) is 61.5 Å². The van der Waals surface area contributed by atoms with Crippen LogP contribution in [0.1, 0.15) is 52.3 Å². The Labute approximate surface area is 834 Å². The van der Waals surface area contributed by atoms with E-state index in [0.29, 0.717) is 102 Å². The van der Waals surface area contributed by atoms with Crippen LogP contribution in [-0.2, 0) is 92.2 Å².